The van der Waals surface area contributed by atoms with Gasteiger partial charge in [-0.25, -0.2) is 0 Å². The van der Waals surface area contributed by atoms with Crippen LogP contribution in [0, 0.1) is 0 Å². The Balaban J connectivity index is 1.40. The predicted molar refractivity (Wildman–Crippen MR) is 226 cm³/mol. The standard InChI is InChI=1S/C50H20F38/c51-33(52,37(59,60)41(67,68)45(75,76)47(79,80)49(83,84)85)23-9-5-7-21(19-23)25-15-17-31(29-13-3-1-11-27(25)29)35(55,56)39(63,64)43(71,72)44(73,74)40(65,66)36(57,58)32-18-16-26(28-12-2-4-14-30(28)32)22-8-6-10-24(20-22)34(53,54)38(61,62)42(69,70)46(77,78)48(81,82)50(86,87)88/h1-20H. The SMILES string of the molecule is FC(F)(F)C(F)(F)C(F)(F)C(F)(F)C(F)(F)C(F)(F)c1cccc(-c2ccc(C(F)(F)C(F)(F)C(F)(F)C(F)(F)C(F)(F)C(F)(F)c3ccc(-c4cccc(C(F)(F)C(F)(F)C(F)(F)C(F)(F)C(F)(F)C(F)(F)F)c4)c4ccccc34)c3ccccc23)c1. The first-order chi connectivity index (χ1) is 39.1. The van der Waals surface area contributed by atoms with Gasteiger partial charge >= 0.3 is 107 Å². The van der Waals surface area contributed by atoms with E-state index in [4.69, 9.17) is 0 Å². The molecule has 0 aromatic heterocycles. The van der Waals surface area contributed by atoms with E-state index in [0.717, 1.165) is 0 Å². The quantitative estimate of drug-likeness (QED) is 0.0709. The summed E-state index contributed by atoms with van der Waals surface area (Å²) >= 11 is 0. The van der Waals surface area contributed by atoms with Crippen molar-refractivity contribution < 1.29 is 167 Å². The second-order valence-electron chi connectivity index (χ2n) is 18.8. The summed E-state index contributed by atoms with van der Waals surface area (Å²) in [5, 5.41) is -6.10. The van der Waals surface area contributed by atoms with Crippen LogP contribution in [0.15, 0.2) is 121 Å². The smallest absolute Gasteiger partial charge is 0.194 e. The summed E-state index contributed by atoms with van der Waals surface area (Å²) in [6.07, 6.45) is -15.7. The van der Waals surface area contributed by atoms with E-state index in [1.807, 2.05) is 0 Å². The maximum atomic E-state index is 16.1. The zero-order valence-electron chi connectivity index (χ0n) is 40.9. The van der Waals surface area contributed by atoms with Crippen LogP contribution in [0.25, 0.3) is 43.8 Å². The van der Waals surface area contributed by atoms with Crippen LogP contribution in [-0.4, -0.2) is 83.4 Å². The van der Waals surface area contributed by atoms with Gasteiger partial charge in [0, 0.05) is 22.3 Å². The Bertz CT molecular complexity index is 3370. The van der Waals surface area contributed by atoms with Crippen molar-refractivity contribution in [3.05, 3.63) is 144 Å². The average Bonchev–Trinajstić information content (AvgIpc) is 0.744. The molecule has 0 fully saturated rings. The molecule has 0 saturated carbocycles. The van der Waals surface area contributed by atoms with E-state index in [9.17, 15) is 96.6 Å². The first kappa shape index (κ1) is 70.3. The molecule has 0 amide bonds. The highest BCUT2D eigenvalue weighted by Gasteiger charge is 2.93. The number of alkyl halides is 38. The maximum absolute atomic E-state index is 16.1. The van der Waals surface area contributed by atoms with Gasteiger partial charge in [-0.2, -0.15) is 167 Å². The van der Waals surface area contributed by atoms with Crippen molar-refractivity contribution >= 4 is 21.5 Å². The van der Waals surface area contributed by atoms with Crippen molar-refractivity contribution in [2.45, 2.75) is 107 Å². The Kier molecular flexibility index (Phi) is 16.2. The predicted octanol–water partition coefficient (Wildman–Crippen LogP) is 21.1. The van der Waals surface area contributed by atoms with Crippen molar-refractivity contribution in [3.8, 4) is 22.3 Å². The molecular weight excluding hydrogens is 1320 g/mol. The highest BCUT2D eigenvalue weighted by molar-refractivity contribution is 6.00. The van der Waals surface area contributed by atoms with Crippen LogP contribution >= 0.6 is 0 Å². The van der Waals surface area contributed by atoms with E-state index in [0.29, 0.717) is 48.5 Å². The van der Waals surface area contributed by atoms with E-state index in [1.54, 1.807) is 0 Å². The number of hydrogen-bond acceptors (Lipinski definition) is 0. The van der Waals surface area contributed by atoms with Crippen molar-refractivity contribution in [1.29, 1.82) is 0 Å². The molecule has 0 unspecified atom stereocenters. The van der Waals surface area contributed by atoms with Crippen LogP contribution in [0.4, 0.5) is 167 Å². The first-order valence-corrected chi connectivity index (χ1v) is 22.6. The molecule has 0 saturated heterocycles. The highest BCUT2D eigenvalue weighted by atomic mass is 19.4. The minimum Gasteiger partial charge on any atom is -0.194 e. The van der Waals surface area contributed by atoms with Crippen LogP contribution in [0.1, 0.15) is 22.3 Å². The fourth-order valence-electron chi connectivity index (χ4n) is 8.44. The second kappa shape index (κ2) is 20.3. The zero-order valence-corrected chi connectivity index (χ0v) is 40.9. The lowest BCUT2D eigenvalue weighted by atomic mass is 9.83. The van der Waals surface area contributed by atoms with Gasteiger partial charge in [-0.05, 0) is 55.9 Å². The fourth-order valence-corrected chi connectivity index (χ4v) is 8.44. The summed E-state index contributed by atoms with van der Waals surface area (Å²) < 4.78 is 552. The number of benzene rings is 6. The summed E-state index contributed by atoms with van der Waals surface area (Å²) in [5.74, 6) is -128. The topological polar surface area (TPSA) is 0 Å². The molecule has 0 aliphatic heterocycles. The minimum atomic E-state index is -8.53. The van der Waals surface area contributed by atoms with Crippen LogP contribution in [0.5, 0.6) is 0 Å². The van der Waals surface area contributed by atoms with Gasteiger partial charge in [-0.3, -0.25) is 0 Å². The van der Waals surface area contributed by atoms with Gasteiger partial charge in [-0.15, -0.1) is 0 Å². The highest BCUT2D eigenvalue weighted by Crippen LogP contribution is 2.67. The molecule has 38 heteroatoms. The van der Waals surface area contributed by atoms with Crippen LogP contribution < -0.4 is 0 Å². The van der Waals surface area contributed by atoms with Gasteiger partial charge in [-0.1, -0.05) is 109 Å². The largest absolute Gasteiger partial charge is 0.460 e. The lowest BCUT2D eigenvalue weighted by Gasteiger charge is -2.41. The molecule has 0 heterocycles. The summed E-state index contributed by atoms with van der Waals surface area (Å²) in [6.45, 7) is 0. The number of rotatable bonds is 19. The normalized spacial score (nSPS) is 15.4. The third-order valence-electron chi connectivity index (χ3n) is 13.4. The fraction of sp³-hybridized carbons (Fsp3) is 0.360. The van der Waals surface area contributed by atoms with E-state index >= 15 is 70.2 Å². The number of hydrogen-bond donors (Lipinski definition) is 0. The Labute approximate surface area is 461 Å². The van der Waals surface area contributed by atoms with Gasteiger partial charge in [0.2, 0.25) is 0 Å². The molecule has 0 aliphatic carbocycles. The van der Waals surface area contributed by atoms with E-state index in [1.165, 1.54) is 0 Å². The molecule has 0 nitrogen and oxygen atoms in total. The third-order valence-corrected chi connectivity index (χ3v) is 13.4. The van der Waals surface area contributed by atoms with Crippen LogP contribution in [0.3, 0.4) is 0 Å². The lowest BCUT2D eigenvalue weighted by Crippen LogP contribution is -2.69. The first-order valence-electron chi connectivity index (χ1n) is 22.6. The second-order valence-corrected chi connectivity index (χ2v) is 18.8. The van der Waals surface area contributed by atoms with Crippen molar-refractivity contribution in [2.75, 3.05) is 0 Å². The summed E-state index contributed by atoms with van der Waals surface area (Å²) in [6, 6.07) is 0.166. The van der Waals surface area contributed by atoms with E-state index < -0.39 is 210 Å². The number of halogens is 38. The maximum Gasteiger partial charge on any atom is 0.460 e. The molecule has 6 rings (SSSR count). The molecule has 6 aromatic carbocycles. The summed E-state index contributed by atoms with van der Waals surface area (Å²) in [5.41, 5.74) is -16.0. The Morgan fingerprint density at radius 3 is 0.659 bits per heavy atom. The average molecular weight is 1340 g/mol. The lowest BCUT2D eigenvalue weighted by molar-refractivity contribution is -0.441. The zero-order chi connectivity index (χ0) is 68.1. The van der Waals surface area contributed by atoms with Crippen molar-refractivity contribution in [1.82, 2.24) is 0 Å². The number of fused-ring (bicyclic) bond motifs is 2. The molecule has 88 heavy (non-hydrogen) atoms. The monoisotopic (exact) mass is 1340 g/mol. The van der Waals surface area contributed by atoms with Gasteiger partial charge in [0.1, 0.15) is 0 Å². The van der Waals surface area contributed by atoms with Crippen molar-refractivity contribution in [3.63, 3.8) is 0 Å². The van der Waals surface area contributed by atoms with E-state index in [2.05, 4.69) is 0 Å². The molecule has 0 bridgehead atoms. The van der Waals surface area contributed by atoms with Crippen LogP contribution in [-0.2, 0) is 23.7 Å². The molecule has 0 aliphatic rings. The van der Waals surface area contributed by atoms with Gasteiger partial charge in [0.05, 0.1) is 0 Å². The molecule has 6 aromatic rings. The summed E-state index contributed by atoms with van der Waals surface area (Å²) in [7, 11) is 0. The molecule has 0 spiro atoms. The molecular formula is C50H20F38. The van der Waals surface area contributed by atoms with Crippen molar-refractivity contribution in [2.24, 2.45) is 0 Å². The molecule has 0 N–H and O–H groups in total. The minimum absolute atomic E-state index is 0.0317. The molecule has 486 valence electrons. The third kappa shape index (κ3) is 9.30. The van der Waals surface area contributed by atoms with Gasteiger partial charge < -0.3 is 0 Å². The summed E-state index contributed by atoms with van der Waals surface area (Å²) in [4.78, 5) is 0. The van der Waals surface area contributed by atoms with Gasteiger partial charge in [0.25, 0.3) is 0 Å². The molecule has 0 radical (unpaired) electrons. The Morgan fingerprint density at radius 1 is 0.182 bits per heavy atom. The van der Waals surface area contributed by atoms with Crippen LogP contribution in [0.2, 0.25) is 0 Å². The Hall–Kier alpha value is -6.82. The van der Waals surface area contributed by atoms with Gasteiger partial charge in [0.15, 0.2) is 0 Å². The Morgan fingerprint density at radius 2 is 0.409 bits per heavy atom. The molecule has 0 atom stereocenters. The van der Waals surface area contributed by atoms with E-state index in [-0.39, 0.29) is 36.4 Å².